The summed E-state index contributed by atoms with van der Waals surface area (Å²) in [6, 6.07) is 10.4. The number of carboxylic acids is 1. The van der Waals surface area contributed by atoms with E-state index in [-0.39, 0.29) is 5.92 Å². The molecule has 0 aliphatic carbocycles. The molecule has 1 heterocycles. The van der Waals surface area contributed by atoms with Crippen LogP contribution in [0.15, 0.2) is 30.3 Å². The van der Waals surface area contributed by atoms with Gasteiger partial charge in [0.05, 0.1) is 10.9 Å². The molecule has 0 bridgehead atoms. The smallest absolute Gasteiger partial charge is 0.310 e. The lowest BCUT2D eigenvalue weighted by Crippen LogP contribution is -2.32. The third-order valence-corrected chi connectivity index (χ3v) is 5.95. The van der Waals surface area contributed by atoms with E-state index in [4.69, 9.17) is 0 Å². The third kappa shape index (κ3) is 3.19. The average Bonchev–Trinajstić information content (AvgIpc) is 3.08. The number of hydrogen-bond acceptors (Lipinski definition) is 3. The third-order valence-electron chi connectivity index (χ3n) is 5.95. The van der Waals surface area contributed by atoms with Crippen LogP contribution < -0.4 is 0 Å². The number of carboxylic acid groups (broad SMARTS) is 1. The maximum Gasteiger partial charge on any atom is 0.310 e. The van der Waals surface area contributed by atoms with Crippen LogP contribution in [0.25, 0.3) is 11.0 Å². The molecule has 28 heavy (non-hydrogen) atoms. The van der Waals surface area contributed by atoms with Crippen LogP contribution in [0, 0.1) is 19.3 Å². The van der Waals surface area contributed by atoms with Gasteiger partial charge in [-0.05, 0) is 74.9 Å². The van der Waals surface area contributed by atoms with Gasteiger partial charge in [-0.1, -0.05) is 36.4 Å². The number of carbonyl (C=O) groups is 1. The first-order valence-corrected chi connectivity index (χ1v) is 9.87. The number of rotatable bonds is 6. The van der Waals surface area contributed by atoms with Crippen molar-refractivity contribution in [1.29, 1.82) is 0 Å². The van der Waals surface area contributed by atoms with Crippen molar-refractivity contribution >= 4 is 17.0 Å². The summed E-state index contributed by atoms with van der Waals surface area (Å²) in [6.45, 7) is 12.6. The van der Waals surface area contributed by atoms with Crippen LogP contribution in [0.4, 0.5) is 0 Å². The lowest BCUT2D eigenvalue weighted by molar-refractivity contribution is -0.147. The highest BCUT2D eigenvalue weighted by Gasteiger charge is 2.40. The van der Waals surface area contributed by atoms with E-state index in [1.807, 2.05) is 30.7 Å². The van der Waals surface area contributed by atoms with E-state index in [1.165, 1.54) is 11.1 Å². The monoisotopic (exact) mass is 379 g/mol. The predicted molar refractivity (Wildman–Crippen MR) is 112 cm³/mol. The first-order valence-electron chi connectivity index (χ1n) is 9.87. The molecule has 5 heteroatoms. The number of hydrogen-bond donors (Lipinski definition) is 1. The van der Waals surface area contributed by atoms with E-state index in [0.717, 1.165) is 40.7 Å². The quantitative estimate of drug-likeness (QED) is 0.663. The van der Waals surface area contributed by atoms with E-state index in [1.54, 1.807) is 13.8 Å². The van der Waals surface area contributed by atoms with Crippen molar-refractivity contribution in [2.75, 3.05) is 0 Å². The van der Waals surface area contributed by atoms with Crippen LogP contribution in [0.3, 0.4) is 0 Å². The van der Waals surface area contributed by atoms with Crippen molar-refractivity contribution in [2.45, 2.75) is 60.4 Å². The Labute approximate surface area is 166 Å². The van der Waals surface area contributed by atoms with Crippen LogP contribution in [0.5, 0.6) is 0 Å². The Kier molecular flexibility index (Phi) is 5.28. The number of aromatic nitrogens is 3. The molecule has 1 aromatic heterocycles. The zero-order valence-electron chi connectivity index (χ0n) is 17.6. The molecule has 3 rings (SSSR count). The van der Waals surface area contributed by atoms with Crippen LogP contribution in [-0.2, 0) is 17.8 Å². The zero-order chi connectivity index (χ0) is 20.6. The number of aryl methyl sites for hydroxylation is 4. The molecule has 0 saturated heterocycles. The van der Waals surface area contributed by atoms with Gasteiger partial charge in [-0.3, -0.25) is 4.79 Å². The van der Waals surface area contributed by atoms with Gasteiger partial charge in [0.2, 0.25) is 0 Å². The maximum atomic E-state index is 12.2. The van der Waals surface area contributed by atoms with E-state index < -0.39 is 11.4 Å². The highest BCUT2D eigenvalue weighted by Crippen LogP contribution is 2.44. The first kappa shape index (κ1) is 20.1. The second-order valence-electron chi connectivity index (χ2n) is 8.05. The van der Waals surface area contributed by atoms with Crippen molar-refractivity contribution in [3.8, 4) is 0 Å². The molecule has 148 valence electrons. The molecule has 1 atom stereocenters. The van der Waals surface area contributed by atoms with Gasteiger partial charge in [0.15, 0.2) is 0 Å². The van der Waals surface area contributed by atoms with Gasteiger partial charge in [0.1, 0.15) is 5.52 Å². The molecular weight excluding hydrogens is 350 g/mol. The Bertz CT molecular complexity index is 1030. The summed E-state index contributed by atoms with van der Waals surface area (Å²) in [7, 11) is 0. The maximum absolute atomic E-state index is 12.2. The van der Waals surface area contributed by atoms with Crippen LogP contribution >= 0.6 is 0 Å². The number of nitrogens with zero attached hydrogens (tertiary/aromatic N) is 3. The molecule has 0 radical (unpaired) electrons. The largest absolute Gasteiger partial charge is 0.481 e. The minimum Gasteiger partial charge on any atom is -0.481 e. The lowest BCUT2D eigenvalue weighted by atomic mass is 9.69. The predicted octanol–water partition coefficient (Wildman–Crippen LogP) is 4.87. The second-order valence-corrected chi connectivity index (χ2v) is 8.05. The van der Waals surface area contributed by atoms with Crippen molar-refractivity contribution in [2.24, 2.45) is 5.41 Å². The average molecular weight is 380 g/mol. The molecule has 3 aromatic rings. The van der Waals surface area contributed by atoms with Gasteiger partial charge in [-0.2, -0.15) is 0 Å². The Hall–Kier alpha value is -2.69. The molecule has 5 nitrogen and oxygen atoms in total. The SMILES string of the molecule is CCc1cc([C@@H](c2ccc3c(nnn3CC)c2C)C(C)(C)C(=O)O)ccc1C. The van der Waals surface area contributed by atoms with Gasteiger partial charge in [0, 0.05) is 12.5 Å². The van der Waals surface area contributed by atoms with Crippen molar-refractivity contribution in [3.63, 3.8) is 0 Å². The zero-order valence-corrected chi connectivity index (χ0v) is 17.6. The summed E-state index contributed by atoms with van der Waals surface area (Å²) in [5.74, 6) is -1.10. The minimum atomic E-state index is -0.973. The van der Waals surface area contributed by atoms with Gasteiger partial charge in [-0.25, -0.2) is 4.68 Å². The summed E-state index contributed by atoms with van der Waals surface area (Å²) < 4.78 is 1.87. The topological polar surface area (TPSA) is 68.0 Å². The second kappa shape index (κ2) is 7.38. The molecule has 0 aliphatic heterocycles. The van der Waals surface area contributed by atoms with Crippen LogP contribution in [0.2, 0.25) is 0 Å². The Morgan fingerprint density at radius 3 is 2.50 bits per heavy atom. The minimum absolute atomic E-state index is 0.285. The summed E-state index contributed by atoms with van der Waals surface area (Å²) in [6.07, 6.45) is 0.919. The number of aliphatic carboxylic acids is 1. The molecular formula is C23H29N3O2. The lowest BCUT2D eigenvalue weighted by Gasteiger charge is -2.33. The summed E-state index contributed by atoms with van der Waals surface area (Å²) in [5, 5.41) is 18.6. The molecule has 0 spiro atoms. The normalized spacial score (nSPS) is 13.1. The fourth-order valence-electron chi connectivity index (χ4n) is 4.09. The first-order chi connectivity index (χ1) is 13.2. The van der Waals surface area contributed by atoms with Gasteiger partial charge in [0.25, 0.3) is 0 Å². The summed E-state index contributed by atoms with van der Waals surface area (Å²) in [5.41, 5.74) is 6.35. The fourth-order valence-corrected chi connectivity index (χ4v) is 4.09. The number of fused-ring (bicyclic) bond motifs is 1. The Balaban J connectivity index is 2.27. The molecule has 0 aliphatic rings. The van der Waals surface area contributed by atoms with Crippen molar-refractivity contribution in [1.82, 2.24) is 15.0 Å². The van der Waals surface area contributed by atoms with E-state index in [9.17, 15) is 9.90 Å². The molecule has 2 aromatic carbocycles. The van der Waals surface area contributed by atoms with Crippen LogP contribution in [-0.4, -0.2) is 26.1 Å². The Morgan fingerprint density at radius 1 is 1.18 bits per heavy atom. The summed E-state index contributed by atoms with van der Waals surface area (Å²) in [4.78, 5) is 12.2. The molecule has 0 amide bonds. The van der Waals surface area contributed by atoms with Gasteiger partial charge in [-0.15, -0.1) is 5.10 Å². The van der Waals surface area contributed by atoms with E-state index in [2.05, 4.69) is 42.4 Å². The molecule has 0 saturated carbocycles. The highest BCUT2D eigenvalue weighted by molar-refractivity contribution is 5.81. The number of benzene rings is 2. The van der Waals surface area contributed by atoms with Crippen molar-refractivity contribution < 1.29 is 9.90 Å². The summed E-state index contributed by atoms with van der Waals surface area (Å²) >= 11 is 0. The van der Waals surface area contributed by atoms with E-state index >= 15 is 0 Å². The van der Waals surface area contributed by atoms with E-state index in [0.29, 0.717) is 0 Å². The van der Waals surface area contributed by atoms with Crippen molar-refractivity contribution in [3.05, 3.63) is 58.1 Å². The molecule has 1 N–H and O–H groups in total. The van der Waals surface area contributed by atoms with Crippen LogP contribution in [0.1, 0.15) is 61.4 Å². The molecule has 0 fully saturated rings. The standard InChI is InChI=1S/C23H29N3O2/c1-7-16-13-17(10-9-14(16)3)20(23(5,6)22(27)28)18-11-12-19-21(15(18)4)24-25-26(19)8-2/h9-13,20H,7-8H2,1-6H3,(H,27,28)/t20-/m0/s1. The van der Waals surface area contributed by atoms with Gasteiger partial charge < -0.3 is 5.11 Å². The highest BCUT2D eigenvalue weighted by atomic mass is 16.4. The molecule has 0 unspecified atom stereocenters. The van der Waals surface area contributed by atoms with Gasteiger partial charge >= 0.3 is 5.97 Å². The fraction of sp³-hybridized carbons (Fsp3) is 0.435. The Morgan fingerprint density at radius 2 is 1.89 bits per heavy atom.